The van der Waals surface area contributed by atoms with E-state index in [0.717, 1.165) is 24.2 Å². The predicted octanol–water partition coefficient (Wildman–Crippen LogP) is 12.1. The summed E-state index contributed by atoms with van der Waals surface area (Å²) in [5.41, 5.74) is 13.0. The van der Waals surface area contributed by atoms with E-state index in [0.29, 0.717) is 17.8 Å². The van der Waals surface area contributed by atoms with Gasteiger partial charge in [-0.05, 0) is 138 Å². The van der Waals surface area contributed by atoms with Crippen molar-refractivity contribution in [2.45, 2.75) is 32.6 Å². The van der Waals surface area contributed by atoms with Gasteiger partial charge in [-0.15, -0.1) is 0 Å². The lowest BCUT2D eigenvalue weighted by molar-refractivity contribution is 0.435. The number of imidazole rings is 1. The molecule has 0 fully saturated rings. The summed E-state index contributed by atoms with van der Waals surface area (Å²) in [6.45, 7) is 4.83. The first-order chi connectivity index (χ1) is 28.1. The van der Waals surface area contributed by atoms with Gasteiger partial charge in [0.25, 0.3) is 0 Å². The van der Waals surface area contributed by atoms with Crippen LogP contribution in [0.1, 0.15) is 55.1 Å². The third-order valence-electron chi connectivity index (χ3n) is 13.0. The van der Waals surface area contributed by atoms with Crippen LogP contribution in [0.3, 0.4) is 0 Å². The number of para-hydroxylation sites is 3. The van der Waals surface area contributed by atoms with E-state index in [1.165, 1.54) is 82.2 Å². The topological polar surface area (TPSA) is 17.8 Å². The molecule has 11 rings (SSSR count). The lowest BCUT2D eigenvalue weighted by atomic mass is 9.68. The molecule has 8 aromatic rings. The highest BCUT2D eigenvalue weighted by atomic mass is 15.1. The van der Waals surface area contributed by atoms with Gasteiger partial charge in [0.15, 0.2) is 0 Å². The van der Waals surface area contributed by atoms with Crippen LogP contribution >= 0.6 is 0 Å². The molecule has 0 saturated carbocycles. The summed E-state index contributed by atoms with van der Waals surface area (Å²) in [6.07, 6.45) is 11.5. The van der Waals surface area contributed by atoms with Crippen LogP contribution in [0.4, 0.5) is 0 Å². The van der Waals surface area contributed by atoms with Gasteiger partial charge in [-0.3, -0.25) is 4.57 Å². The second kappa shape index (κ2) is 13.6. The zero-order valence-electron chi connectivity index (χ0n) is 32.4. The van der Waals surface area contributed by atoms with E-state index in [1.807, 2.05) is 0 Å². The van der Waals surface area contributed by atoms with Crippen LogP contribution in [-0.2, 0) is 0 Å². The highest BCUT2D eigenvalue weighted by molar-refractivity contribution is 5.95. The van der Waals surface area contributed by atoms with Crippen LogP contribution in [-0.4, -0.2) is 9.55 Å². The lowest BCUT2D eigenvalue weighted by Gasteiger charge is -2.35. The van der Waals surface area contributed by atoms with Gasteiger partial charge in [-0.25, -0.2) is 4.98 Å². The Hall–Kier alpha value is -6.51. The highest BCUT2D eigenvalue weighted by Crippen LogP contribution is 2.45. The van der Waals surface area contributed by atoms with Crippen LogP contribution in [0.25, 0.3) is 55.0 Å². The maximum atomic E-state index is 5.30. The molecule has 0 saturated heterocycles. The number of aromatic nitrogens is 2. The average Bonchev–Trinajstić information content (AvgIpc) is 3.65. The summed E-state index contributed by atoms with van der Waals surface area (Å²) in [4.78, 5) is 5.30. The molecule has 274 valence electrons. The Balaban J connectivity index is 1.11. The van der Waals surface area contributed by atoms with Crippen molar-refractivity contribution in [3.05, 3.63) is 221 Å². The number of hydrogen-bond donors (Lipinski definition) is 0. The molecule has 0 aliphatic heterocycles. The van der Waals surface area contributed by atoms with Crippen LogP contribution in [0, 0.1) is 17.8 Å². The number of nitrogens with zero attached hydrogens (tertiary/aromatic N) is 2. The van der Waals surface area contributed by atoms with Crippen molar-refractivity contribution in [2.75, 3.05) is 0 Å². The quantitative estimate of drug-likeness (QED) is 0.172. The van der Waals surface area contributed by atoms with Crippen molar-refractivity contribution in [1.29, 1.82) is 0 Å². The van der Waals surface area contributed by atoms with E-state index in [4.69, 9.17) is 4.98 Å². The maximum Gasteiger partial charge on any atom is 0.118 e. The number of allylic oxidation sites excluding steroid dienone is 6. The molecule has 2 heteroatoms. The smallest absolute Gasteiger partial charge is 0.118 e. The standard InChI is InChI=1S/C55H44N2/c1-35-13-12-20-48-52(35)54(44-26-24-38-15-7-9-17-40(38)33-44)49-34-42(28-30-47(49)53(48)43-25-23-37-14-6-8-16-39(37)32-43)41-27-29-46(36(2)31-41)55-56-50-21-10-11-22-51(50)57(55)45-18-4-3-5-19-45/h3-28,30,32-36,46,52H,29,31H2,1-2H3/t35?,36?,46-,52?/m0/s1. The molecule has 3 unspecified atom stereocenters. The maximum absolute atomic E-state index is 5.30. The second-order valence-electron chi connectivity index (χ2n) is 16.4. The minimum Gasteiger partial charge on any atom is -0.296 e. The molecule has 0 amide bonds. The Kier molecular flexibility index (Phi) is 8.07. The normalized spacial score (nSPS) is 20.4. The van der Waals surface area contributed by atoms with Crippen molar-refractivity contribution in [2.24, 2.45) is 17.8 Å². The zero-order chi connectivity index (χ0) is 38.0. The van der Waals surface area contributed by atoms with Gasteiger partial charge in [0.1, 0.15) is 5.82 Å². The fraction of sp³-hybridized carbons (Fsp3) is 0.145. The monoisotopic (exact) mass is 732 g/mol. The van der Waals surface area contributed by atoms with Crippen molar-refractivity contribution in [3.63, 3.8) is 0 Å². The Morgan fingerprint density at radius 1 is 0.596 bits per heavy atom. The molecule has 1 heterocycles. The summed E-state index contributed by atoms with van der Waals surface area (Å²) in [5.74, 6) is 2.47. The summed E-state index contributed by atoms with van der Waals surface area (Å²) in [7, 11) is 0. The molecular formula is C55H44N2. The van der Waals surface area contributed by atoms with Crippen molar-refractivity contribution in [1.82, 2.24) is 9.55 Å². The van der Waals surface area contributed by atoms with Gasteiger partial charge in [0.05, 0.1) is 11.0 Å². The third kappa shape index (κ3) is 5.65. The van der Waals surface area contributed by atoms with Gasteiger partial charge < -0.3 is 0 Å². The third-order valence-corrected chi connectivity index (χ3v) is 13.0. The number of hydrogen-bond acceptors (Lipinski definition) is 1. The van der Waals surface area contributed by atoms with Crippen LogP contribution in [0.5, 0.6) is 0 Å². The first-order valence-corrected chi connectivity index (χ1v) is 20.6. The van der Waals surface area contributed by atoms with E-state index in [1.54, 1.807) is 0 Å². The van der Waals surface area contributed by atoms with E-state index in [2.05, 4.69) is 200 Å². The van der Waals surface area contributed by atoms with Crippen molar-refractivity contribution < 1.29 is 0 Å². The SMILES string of the molecule is CC1C=CC=C2C(c3ccc4ccccc4c3)=c3ccc(C4=CC[C@H](c5nc6ccccc6n5-c5ccccc5)C(C)C4)cc3=C(c3ccc4ccccc4c3)C21. The van der Waals surface area contributed by atoms with Gasteiger partial charge >= 0.3 is 0 Å². The summed E-state index contributed by atoms with van der Waals surface area (Å²) >= 11 is 0. The molecule has 4 atom stereocenters. The molecule has 2 nitrogen and oxygen atoms in total. The molecule has 7 aromatic carbocycles. The summed E-state index contributed by atoms with van der Waals surface area (Å²) in [6, 6.07) is 58.4. The fourth-order valence-corrected chi connectivity index (χ4v) is 10.2. The van der Waals surface area contributed by atoms with Gasteiger partial charge in [-0.1, -0.05) is 153 Å². The van der Waals surface area contributed by atoms with Gasteiger partial charge in [0, 0.05) is 17.5 Å². The average molecular weight is 733 g/mol. The number of rotatable bonds is 5. The molecule has 3 aliphatic carbocycles. The zero-order valence-corrected chi connectivity index (χ0v) is 32.4. The van der Waals surface area contributed by atoms with Crippen LogP contribution in [0.15, 0.2) is 188 Å². The van der Waals surface area contributed by atoms with E-state index in [-0.39, 0.29) is 5.92 Å². The Labute approximate surface area is 334 Å². The lowest BCUT2D eigenvalue weighted by Crippen LogP contribution is -2.40. The summed E-state index contributed by atoms with van der Waals surface area (Å²) < 4.78 is 2.40. The molecule has 1 aromatic heterocycles. The molecule has 3 aliphatic rings. The first kappa shape index (κ1) is 33.8. The first-order valence-electron chi connectivity index (χ1n) is 20.6. The van der Waals surface area contributed by atoms with Gasteiger partial charge in [0.2, 0.25) is 0 Å². The molecule has 0 radical (unpaired) electrons. The highest BCUT2D eigenvalue weighted by Gasteiger charge is 2.34. The van der Waals surface area contributed by atoms with E-state index < -0.39 is 0 Å². The Morgan fingerprint density at radius 3 is 2.04 bits per heavy atom. The number of fused-ring (bicyclic) bond motifs is 5. The predicted molar refractivity (Wildman–Crippen MR) is 239 cm³/mol. The molecule has 0 bridgehead atoms. The van der Waals surface area contributed by atoms with Crippen LogP contribution in [0.2, 0.25) is 0 Å². The molecule has 0 spiro atoms. The molecule has 57 heavy (non-hydrogen) atoms. The molecular weight excluding hydrogens is 689 g/mol. The minimum absolute atomic E-state index is 0.231. The van der Waals surface area contributed by atoms with Gasteiger partial charge in [-0.2, -0.15) is 0 Å². The van der Waals surface area contributed by atoms with Crippen molar-refractivity contribution in [3.8, 4) is 5.69 Å². The summed E-state index contributed by atoms with van der Waals surface area (Å²) in [5, 5.41) is 7.79. The van der Waals surface area contributed by atoms with E-state index >= 15 is 0 Å². The largest absolute Gasteiger partial charge is 0.296 e. The Bertz CT molecular complexity index is 3120. The fourth-order valence-electron chi connectivity index (χ4n) is 10.2. The van der Waals surface area contributed by atoms with E-state index in [9.17, 15) is 0 Å². The second-order valence-corrected chi connectivity index (χ2v) is 16.4. The number of benzene rings is 7. The van der Waals surface area contributed by atoms with Crippen LogP contribution < -0.4 is 10.4 Å². The minimum atomic E-state index is 0.231. The Morgan fingerprint density at radius 2 is 1.26 bits per heavy atom. The van der Waals surface area contributed by atoms with Crippen molar-refractivity contribution >= 4 is 49.3 Å². The molecule has 0 N–H and O–H groups in total.